The van der Waals surface area contributed by atoms with Crippen molar-refractivity contribution in [2.75, 3.05) is 38.2 Å². The molecule has 3 rings (SSSR count). The van der Waals surface area contributed by atoms with Crippen LogP contribution in [0.1, 0.15) is 5.56 Å². The highest BCUT2D eigenvalue weighted by Gasteiger charge is 2.23. The molecule has 0 aliphatic carbocycles. The molecule has 0 bridgehead atoms. The maximum absolute atomic E-state index is 13.0. The molecular formula is C21H20FN3O2. The van der Waals surface area contributed by atoms with Gasteiger partial charge in [-0.25, -0.2) is 4.39 Å². The molecule has 0 radical (unpaired) electrons. The van der Waals surface area contributed by atoms with E-state index in [0.717, 1.165) is 11.4 Å². The minimum Gasteiger partial charge on any atom is -0.497 e. The molecule has 0 N–H and O–H groups in total. The van der Waals surface area contributed by atoms with E-state index in [1.165, 1.54) is 18.2 Å². The first-order chi connectivity index (χ1) is 13.1. The quantitative estimate of drug-likeness (QED) is 0.617. The summed E-state index contributed by atoms with van der Waals surface area (Å²) in [4.78, 5) is 16.5. The van der Waals surface area contributed by atoms with Gasteiger partial charge in [-0.2, -0.15) is 5.26 Å². The lowest BCUT2D eigenvalue weighted by molar-refractivity contribution is -0.126. The maximum atomic E-state index is 13.0. The zero-order valence-corrected chi connectivity index (χ0v) is 15.1. The fourth-order valence-corrected chi connectivity index (χ4v) is 3.00. The molecule has 1 aliphatic heterocycles. The zero-order chi connectivity index (χ0) is 19.2. The molecule has 27 heavy (non-hydrogen) atoms. The van der Waals surface area contributed by atoms with Crippen LogP contribution in [0.15, 0.2) is 54.1 Å². The van der Waals surface area contributed by atoms with Crippen molar-refractivity contribution in [3.05, 3.63) is 65.5 Å². The molecule has 2 aromatic carbocycles. The van der Waals surface area contributed by atoms with Crippen molar-refractivity contribution in [2.24, 2.45) is 0 Å². The van der Waals surface area contributed by atoms with Crippen LogP contribution >= 0.6 is 0 Å². The van der Waals surface area contributed by atoms with Gasteiger partial charge in [0.1, 0.15) is 23.2 Å². The third kappa shape index (κ3) is 4.45. The smallest absolute Gasteiger partial charge is 0.264 e. The number of ether oxygens (including phenoxy) is 1. The van der Waals surface area contributed by atoms with Gasteiger partial charge in [0.05, 0.1) is 7.11 Å². The van der Waals surface area contributed by atoms with E-state index in [1.807, 2.05) is 30.3 Å². The zero-order valence-electron chi connectivity index (χ0n) is 15.1. The van der Waals surface area contributed by atoms with Gasteiger partial charge in [0, 0.05) is 31.9 Å². The van der Waals surface area contributed by atoms with Crippen LogP contribution in [0.3, 0.4) is 0 Å². The van der Waals surface area contributed by atoms with Gasteiger partial charge in [-0.3, -0.25) is 4.79 Å². The number of piperazine rings is 1. The average Bonchev–Trinajstić information content (AvgIpc) is 2.73. The summed E-state index contributed by atoms with van der Waals surface area (Å²) in [7, 11) is 1.63. The highest BCUT2D eigenvalue weighted by Crippen LogP contribution is 2.21. The van der Waals surface area contributed by atoms with Crippen LogP contribution in [0.5, 0.6) is 5.75 Å². The van der Waals surface area contributed by atoms with Gasteiger partial charge < -0.3 is 14.5 Å². The van der Waals surface area contributed by atoms with E-state index < -0.39 is 0 Å². The lowest BCUT2D eigenvalue weighted by Crippen LogP contribution is -2.49. The van der Waals surface area contributed by atoms with Crippen molar-refractivity contribution in [2.45, 2.75) is 0 Å². The Morgan fingerprint density at radius 2 is 1.70 bits per heavy atom. The molecule has 0 unspecified atom stereocenters. The van der Waals surface area contributed by atoms with Crippen LogP contribution < -0.4 is 9.64 Å². The molecule has 1 aliphatic rings. The van der Waals surface area contributed by atoms with Crippen LogP contribution in [-0.4, -0.2) is 44.1 Å². The predicted molar refractivity (Wildman–Crippen MR) is 102 cm³/mol. The summed E-state index contributed by atoms with van der Waals surface area (Å²) in [6, 6.07) is 15.5. The molecule has 0 saturated carbocycles. The van der Waals surface area contributed by atoms with E-state index in [4.69, 9.17) is 4.74 Å². The second-order valence-corrected chi connectivity index (χ2v) is 6.20. The topological polar surface area (TPSA) is 56.6 Å². The molecule has 1 amide bonds. The summed E-state index contributed by atoms with van der Waals surface area (Å²) >= 11 is 0. The first-order valence-electron chi connectivity index (χ1n) is 8.66. The summed E-state index contributed by atoms with van der Waals surface area (Å²) < 4.78 is 18.2. The minimum absolute atomic E-state index is 0.0551. The summed E-state index contributed by atoms with van der Waals surface area (Å²) in [5, 5.41) is 9.36. The molecule has 1 saturated heterocycles. The maximum Gasteiger partial charge on any atom is 0.264 e. The van der Waals surface area contributed by atoms with Gasteiger partial charge in [-0.1, -0.05) is 12.1 Å². The highest BCUT2D eigenvalue weighted by molar-refractivity contribution is 6.01. The third-order valence-electron chi connectivity index (χ3n) is 4.54. The summed E-state index contributed by atoms with van der Waals surface area (Å²) in [5.74, 6) is 0.153. The first kappa shape index (κ1) is 18.5. The van der Waals surface area contributed by atoms with E-state index >= 15 is 0 Å². The predicted octanol–water partition coefficient (Wildman–Crippen LogP) is 3.09. The third-order valence-corrected chi connectivity index (χ3v) is 4.54. The lowest BCUT2D eigenvalue weighted by Gasteiger charge is -2.36. The highest BCUT2D eigenvalue weighted by atomic mass is 19.1. The number of carbonyl (C=O) groups excluding carboxylic acids is 1. The Morgan fingerprint density at radius 1 is 1.07 bits per heavy atom. The standard InChI is InChI=1S/C21H20FN3O2/c1-27-20-8-6-19(7-9-20)24-10-12-25(13-11-24)21(26)17(15-23)14-16-2-4-18(22)5-3-16/h2-9,14H,10-13H2,1H3/b17-14+. The van der Waals surface area contributed by atoms with Gasteiger partial charge >= 0.3 is 0 Å². The number of hydrogen-bond donors (Lipinski definition) is 0. The fraction of sp³-hybridized carbons (Fsp3) is 0.238. The van der Waals surface area contributed by atoms with E-state index in [-0.39, 0.29) is 17.3 Å². The van der Waals surface area contributed by atoms with Crippen molar-refractivity contribution >= 4 is 17.7 Å². The van der Waals surface area contributed by atoms with Crippen molar-refractivity contribution in [1.82, 2.24) is 4.90 Å². The molecule has 6 heteroatoms. The molecule has 0 aromatic heterocycles. The van der Waals surface area contributed by atoms with E-state index in [2.05, 4.69) is 4.90 Å². The number of benzene rings is 2. The lowest BCUT2D eigenvalue weighted by atomic mass is 10.1. The Bertz CT molecular complexity index is 862. The van der Waals surface area contributed by atoms with Crippen LogP contribution in [0.2, 0.25) is 0 Å². The number of anilines is 1. The molecule has 0 atom stereocenters. The van der Waals surface area contributed by atoms with E-state index in [0.29, 0.717) is 31.7 Å². The Labute approximate surface area is 157 Å². The second kappa shape index (κ2) is 8.37. The molecule has 138 valence electrons. The van der Waals surface area contributed by atoms with Crippen molar-refractivity contribution in [3.8, 4) is 11.8 Å². The van der Waals surface area contributed by atoms with Gasteiger partial charge in [0.15, 0.2) is 0 Å². The van der Waals surface area contributed by atoms with Gasteiger partial charge in [0.25, 0.3) is 5.91 Å². The van der Waals surface area contributed by atoms with Crippen LogP contribution in [0.25, 0.3) is 6.08 Å². The first-order valence-corrected chi connectivity index (χ1v) is 8.66. The van der Waals surface area contributed by atoms with Crippen molar-refractivity contribution in [1.29, 1.82) is 5.26 Å². The van der Waals surface area contributed by atoms with Crippen molar-refractivity contribution < 1.29 is 13.9 Å². The molecule has 0 spiro atoms. The molecule has 1 fully saturated rings. The number of methoxy groups -OCH3 is 1. The molecular weight excluding hydrogens is 345 g/mol. The van der Waals surface area contributed by atoms with Crippen LogP contribution in [0, 0.1) is 17.1 Å². The number of rotatable bonds is 4. The number of nitrogens with zero attached hydrogens (tertiary/aromatic N) is 3. The molecule has 1 heterocycles. The average molecular weight is 365 g/mol. The number of nitriles is 1. The molecule has 5 nitrogen and oxygen atoms in total. The van der Waals surface area contributed by atoms with Crippen LogP contribution in [-0.2, 0) is 4.79 Å². The fourth-order valence-electron chi connectivity index (χ4n) is 3.00. The van der Waals surface area contributed by atoms with E-state index in [1.54, 1.807) is 24.1 Å². The monoisotopic (exact) mass is 365 g/mol. The Morgan fingerprint density at radius 3 is 2.26 bits per heavy atom. The van der Waals surface area contributed by atoms with Gasteiger partial charge in [-0.15, -0.1) is 0 Å². The molecule has 2 aromatic rings. The largest absolute Gasteiger partial charge is 0.497 e. The Hall–Kier alpha value is -3.33. The number of amides is 1. The second-order valence-electron chi connectivity index (χ2n) is 6.20. The van der Waals surface area contributed by atoms with Crippen molar-refractivity contribution in [3.63, 3.8) is 0 Å². The van der Waals surface area contributed by atoms with Crippen LogP contribution in [0.4, 0.5) is 10.1 Å². The minimum atomic E-state index is -0.355. The summed E-state index contributed by atoms with van der Waals surface area (Å²) in [6.45, 7) is 2.45. The Kier molecular flexibility index (Phi) is 5.72. The SMILES string of the molecule is COc1ccc(N2CCN(C(=O)/C(C#N)=C/c3ccc(F)cc3)CC2)cc1. The summed E-state index contributed by atoms with van der Waals surface area (Å²) in [6.07, 6.45) is 1.50. The Balaban J connectivity index is 1.64. The van der Waals surface area contributed by atoms with Gasteiger partial charge in [-0.05, 0) is 48.0 Å². The number of hydrogen-bond acceptors (Lipinski definition) is 4. The van der Waals surface area contributed by atoms with Gasteiger partial charge in [0.2, 0.25) is 0 Å². The summed E-state index contributed by atoms with van der Waals surface area (Å²) in [5.41, 5.74) is 1.75. The van der Waals surface area contributed by atoms with E-state index in [9.17, 15) is 14.4 Å². The number of carbonyl (C=O) groups is 1. The number of halogens is 1. The normalized spacial score (nSPS) is 14.6.